The Morgan fingerprint density at radius 3 is 2.32 bits per heavy atom. The Labute approximate surface area is 111 Å². The van der Waals surface area contributed by atoms with Crippen molar-refractivity contribution in [3.63, 3.8) is 0 Å². The average molecular weight is 261 g/mol. The van der Waals surface area contributed by atoms with E-state index in [0.29, 0.717) is 12.1 Å². The Morgan fingerprint density at radius 1 is 1.05 bits per heavy atom. The van der Waals surface area contributed by atoms with Gasteiger partial charge in [-0.2, -0.15) is 0 Å². The van der Waals surface area contributed by atoms with Gasteiger partial charge in [0.25, 0.3) is 0 Å². The molecule has 2 aromatic rings. The first-order valence-electron chi connectivity index (χ1n) is 6.06. The van der Waals surface area contributed by atoms with E-state index in [4.69, 9.17) is 5.11 Å². The highest BCUT2D eigenvalue weighted by Gasteiger charge is 2.10. The Kier molecular flexibility index (Phi) is 4.02. The van der Waals surface area contributed by atoms with E-state index >= 15 is 0 Å². The lowest BCUT2D eigenvalue weighted by Crippen LogP contribution is -2.19. The quantitative estimate of drug-likeness (QED) is 0.792. The van der Waals surface area contributed by atoms with Crippen molar-refractivity contribution in [2.75, 3.05) is 0 Å². The Morgan fingerprint density at radius 2 is 1.68 bits per heavy atom. The number of hydrogen-bond acceptors (Lipinski definition) is 3. The van der Waals surface area contributed by atoms with E-state index in [9.17, 15) is 9.50 Å². The second-order valence-corrected chi connectivity index (χ2v) is 4.47. The maximum Gasteiger partial charge on any atom is 0.131 e. The minimum atomic E-state index is -0.425. The molecule has 0 aliphatic carbocycles. The zero-order valence-corrected chi connectivity index (χ0v) is 10.6. The molecule has 2 aromatic carbocycles. The Balaban J connectivity index is 2.01. The Hall–Kier alpha value is -2.07. The molecule has 100 valence electrons. The summed E-state index contributed by atoms with van der Waals surface area (Å²) in [4.78, 5) is 0. The van der Waals surface area contributed by atoms with Crippen LogP contribution in [-0.2, 0) is 6.54 Å². The van der Waals surface area contributed by atoms with Crippen LogP contribution in [0.2, 0.25) is 0 Å². The van der Waals surface area contributed by atoms with Crippen LogP contribution in [0.15, 0.2) is 42.5 Å². The van der Waals surface area contributed by atoms with Crippen molar-refractivity contribution in [3.8, 4) is 11.5 Å². The van der Waals surface area contributed by atoms with Gasteiger partial charge in [-0.3, -0.25) is 0 Å². The molecule has 0 saturated heterocycles. The lowest BCUT2D eigenvalue weighted by atomic mass is 10.1. The van der Waals surface area contributed by atoms with E-state index in [1.54, 1.807) is 18.2 Å². The van der Waals surface area contributed by atoms with Crippen LogP contribution in [0.4, 0.5) is 4.39 Å². The molecule has 0 saturated carbocycles. The molecule has 0 fully saturated rings. The first-order chi connectivity index (χ1) is 9.06. The molecule has 0 radical (unpaired) electrons. The van der Waals surface area contributed by atoms with Gasteiger partial charge in [0.1, 0.15) is 17.3 Å². The molecular weight excluding hydrogens is 245 g/mol. The van der Waals surface area contributed by atoms with Gasteiger partial charge in [0, 0.05) is 24.2 Å². The van der Waals surface area contributed by atoms with E-state index in [2.05, 4.69) is 5.32 Å². The summed E-state index contributed by atoms with van der Waals surface area (Å²) < 4.78 is 13.6. The van der Waals surface area contributed by atoms with Crippen LogP contribution in [0, 0.1) is 5.82 Å². The average Bonchev–Trinajstić information content (AvgIpc) is 2.37. The zero-order chi connectivity index (χ0) is 13.8. The van der Waals surface area contributed by atoms with Crippen LogP contribution < -0.4 is 5.32 Å². The monoisotopic (exact) mass is 261 g/mol. The highest BCUT2D eigenvalue weighted by Crippen LogP contribution is 2.21. The molecular formula is C15H16FNO2. The van der Waals surface area contributed by atoms with Crippen LogP contribution in [0.5, 0.6) is 11.5 Å². The predicted molar refractivity (Wildman–Crippen MR) is 71.4 cm³/mol. The molecule has 0 aliphatic heterocycles. The third kappa shape index (κ3) is 3.45. The fraction of sp³-hybridized carbons (Fsp3) is 0.200. The second-order valence-electron chi connectivity index (χ2n) is 4.47. The molecule has 0 spiro atoms. The van der Waals surface area contributed by atoms with E-state index in [-0.39, 0.29) is 17.5 Å². The normalized spacial score (nSPS) is 12.3. The number of phenolic OH excluding ortho intramolecular Hbond substituents is 2. The third-order valence-corrected chi connectivity index (χ3v) is 3.00. The molecule has 3 nitrogen and oxygen atoms in total. The van der Waals surface area contributed by atoms with Crippen LogP contribution >= 0.6 is 0 Å². The maximum absolute atomic E-state index is 13.6. The molecule has 1 unspecified atom stereocenters. The minimum Gasteiger partial charge on any atom is -0.508 e. The number of hydrogen-bond donors (Lipinski definition) is 3. The van der Waals surface area contributed by atoms with E-state index in [1.165, 1.54) is 6.07 Å². The molecule has 0 amide bonds. The number of benzene rings is 2. The van der Waals surface area contributed by atoms with E-state index in [1.807, 2.05) is 19.1 Å². The SMILES string of the molecule is CC(NCc1ccc(O)cc1)c1ccc(O)cc1F. The van der Waals surface area contributed by atoms with E-state index < -0.39 is 5.82 Å². The van der Waals surface area contributed by atoms with Crippen LogP contribution in [0.1, 0.15) is 24.1 Å². The van der Waals surface area contributed by atoms with Gasteiger partial charge in [0.05, 0.1) is 0 Å². The van der Waals surface area contributed by atoms with Crippen LogP contribution in [0.3, 0.4) is 0 Å². The minimum absolute atomic E-state index is 0.0769. The first kappa shape index (κ1) is 13.4. The number of phenols is 2. The molecule has 3 N–H and O–H groups in total. The summed E-state index contributed by atoms with van der Waals surface area (Å²) in [6.07, 6.45) is 0. The summed E-state index contributed by atoms with van der Waals surface area (Å²) in [6.45, 7) is 2.43. The van der Waals surface area contributed by atoms with Gasteiger partial charge in [-0.05, 0) is 30.7 Å². The smallest absolute Gasteiger partial charge is 0.131 e. The predicted octanol–water partition coefficient (Wildman–Crippen LogP) is 3.09. The van der Waals surface area contributed by atoms with Crippen molar-refractivity contribution < 1.29 is 14.6 Å². The van der Waals surface area contributed by atoms with Gasteiger partial charge in [-0.25, -0.2) is 4.39 Å². The van der Waals surface area contributed by atoms with E-state index in [0.717, 1.165) is 11.6 Å². The molecule has 1 atom stereocenters. The van der Waals surface area contributed by atoms with Crippen LogP contribution in [0.25, 0.3) is 0 Å². The maximum atomic E-state index is 13.6. The summed E-state index contributed by atoms with van der Waals surface area (Å²) in [5, 5.41) is 21.5. The highest BCUT2D eigenvalue weighted by atomic mass is 19.1. The van der Waals surface area contributed by atoms with Gasteiger partial charge < -0.3 is 15.5 Å². The zero-order valence-electron chi connectivity index (χ0n) is 10.6. The second kappa shape index (κ2) is 5.71. The van der Waals surface area contributed by atoms with Crippen LogP contribution in [-0.4, -0.2) is 10.2 Å². The molecule has 0 aliphatic rings. The first-order valence-corrected chi connectivity index (χ1v) is 6.06. The summed E-state index contributed by atoms with van der Waals surface area (Å²) in [5.74, 6) is -0.279. The summed E-state index contributed by atoms with van der Waals surface area (Å²) >= 11 is 0. The molecule has 19 heavy (non-hydrogen) atoms. The van der Waals surface area contributed by atoms with Gasteiger partial charge in [0.15, 0.2) is 0 Å². The highest BCUT2D eigenvalue weighted by molar-refractivity contribution is 5.30. The molecule has 0 heterocycles. The van der Waals surface area contributed by atoms with Crippen molar-refractivity contribution in [1.29, 1.82) is 0 Å². The number of rotatable bonds is 4. The lowest BCUT2D eigenvalue weighted by Gasteiger charge is -2.15. The number of aromatic hydroxyl groups is 2. The summed E-state index contributed by atoms with van der Waals surface area (Å²) in [6, 6.07) is 10.8. The number of nitrogens with one attached hydrogen (secondary N) is 1. The standard InChI is InChI=1S/C15H16FNO2/c1-10(14-7-6-13(19)8-15(14)16)17-9-11-2-4-12(18)5-3-11/h2-8,10,17-19H,9H2,1H3. The summed E-state index contributed by atoms with van der Waals surface area (Å²) in [5.41, 5.74) is 1.51. The molecule has 4 heteroatoms. The lowest BCUT2D eigenvalue weighted by molar-refractivity contribution is 0.463. The van der Waals surface area contributed by atoms with Crippen molar-refractivity contribution in [1.82, 2.24) is 5.32 Å². The fourth-order valence-corrected chi connectivity index (χ4v) is 1.86. The molecule has 2 rings (SSSR count). The Bertz CT molecular complexity index is 555. The van der Waals surface area contributed by atoms with Gasteiger partial charge in [-0.1, -0.05) is 18.2 Å². The largest absolute Gasteiger partial charge is 0.508 e. The van der Waals surface area contributed by atoms with Crippen molar-refractivity contribution in [2.24, 2.45) is 0 Å². The summed E-state index contributed by atoms with van der Waals surface area (Å²) in [7, 11) is 0. The fourth-order valence-electron chi connectivity index (χ4n) is 1.86. The molecule has 0 bridgehead atoms. The van der Waals surface area contributed by atoms with Crippen molar-refractivity contribution in [2.45, 2.75) is 19.5 Å². The number of halogens is 1. The van der Waals surface area contributed by atoms with Crippen molar-refractivity contribution in [3.05, 3.63) is 59.4 Å². The van der Waals surface area contributed by atoms with Gasteiger partial charge in [-0.15, -0.1) is 0 Å². The van der Waals surface area contributed by atoms with Gasteiger partial charge in [0.2, 0.25) is 0 Å². The van der Waals surface area contributed by atoms with Crippen molar-refractivity contribution >= 4 is 0 Å². The van der Waals surface area contributed by atoms with Gasteiger partial charge >= 0.3 is 0 Å². The third-order valence-electron chi connectivity index (χ3n) is 3.00. The topological polar surface area (TPSA) is 52.5 Å². The molecule has 0 aromatic heterocycles.